The first kappa shape index (κ1) is 23.7. The molecule has 2 aliphatic rings. The van der Waals surface area contributed by atoms with Crippen LogP contribution in [0.4, 0.5) is 5.82 Å². The molecule has 0 saturated carbocycles. The predicted octanol–water partition coefficient (Wildman–Crippen LogP) is 3.67. The van der Waals surface area contributed by atoms with E-state index in [0.717, 1.165) is 18.4 Å². The third-order valence-electron chi connectivity index (χ3n) is 6.21. The van der Waals surface area contributed by atoms with Crippen LogP contribution in [0, 0.1) is 6.92 Å². The van der Waals surface area contributed by atoms with Crippen LogP contribution in [0.5, 0.6) is 0 Å². The van der Waals surface area contributed by atoms with Crippen molar-refractivity contribution >= 4 is 51.7 Å². The first-order chi connectivity index (χ1) is 17.0. The molecule has 2 fully saturated rings. The summed E-state index contributed by atoms with van der Waals surface area (Å²) < 4.78 is 7.57. The number of pyridine rings is 1. The topological polar surface area (TPSA) is 67.2 Å². The highest BCUT2D eigenvalue weighted by molar-refractivity contribution is 8.26. The maximum Gasteiger partial charge on any atom is 0.267 e. The number of fused-ring (bicyclic) bond motifs is 1. The molecule has 1 amide bonds. The molecule has 0 atom stereocenters. The van der Waals surface area contributed by atoms with Crippen LogP contribution in [0.3, 0.4) is 0 Å². The smallest absolute Gasteiger partial charge is 0.267 e. The number of carbonyl (C=O) groups is 1. The monoisotopic (exact) mass is 506 g/mol. The lowest BCUT2D eigenvalue weighted by Gasteiger charge is -2.29. The van der Waals surface area contributed by atoms with E-state index in [1.165, 1.54) is 17.3 Å². The van der Waals surface area contributed by atoms with Crippen molar-refractivity contribution in [2.24, 2.45) is 0 Å². The lowest BCUT2D eigenvalue weighted by Crippen LogP contribution is -2.38. The van der Waals surface area contributed by atoms with E-state index < -0.39 is 0 Å². The molecule has 2 aliphatic heterocycles. The van der Waals surface area contributed by atoms with Gasteiger partial charge in [0.15, 0.2) is 0 Å². The fraction of sp³-hybridized carbons (Fsp3) is 0.308. The van der Waals surface area contributed by atoms with Crippen LogP contribution in [-0.2, 0) is 16.0 Å². The van der Waals surface area contributed by atoms with E-state index in [4.69, 9.17) is 21.9 Å². The zero-order valence-electron chi connectivity index (χ0n) is 19.5. The Balaban J connectivity index is 1.46. The second kappa shape index (κ2) is 10.3. The average molecular weight is 507 g/mol. The number of thiocarbonyl (C=S) groups is 1. The number of anilines is 1. The van der Waals surface area contributed by atoms with Gasteiger partial charge in [0, 0.05) is 25.8 Å². The molecule has 0 unspecified atom stereocenters. The molecule has 1 aromatic carbocycles. The van der Waals surface area contributed by atoms with E-state index in [1.807, 2.05) is 37.3 Å². The average Bonchev–Trinajstić information content (AvgIpc) is 3.14. The maximum absolute atomic E-state index is 13.6. The minimum atomic E-state index is -0.200. The SMILES string of the molecule is Cc1cccn2c(=O)c(/C=C3\SC(=S)N(CCCc4ccccc4)C3=O)c(N3CCOCC3)nc12. The summed E-state index contributed by atoms with van der Waals surface area (Å²) in [7, 11) is 0. The van der Waals surface area contributed by atoms with E-state index in [2.05, 4.69) is 17.0 Å². The van der Waals surface area contributed by atoms with Gasteiger partial charge < -0.3 is 9.64 Å². The molecule has 0 aliphatic carbocycles. The molecule has 9 heteroatoms. The van der Waals surface area contributed by atoms with Crippen molar-refractivity contribution in [3.05, 3.63) is 80.6 Å². The number of thioether (sulfide) groups is 1. The predicted molar refractivity (Wildman–Crippen MR) is 144 cm³/mol. The number of rotatable bonds is 6. The van der Waals surface area contributed by atoms with Crippen molar-refractivity contribution in [2.45, 2.75) is 19.8 Å². The number of aryl methyl sites for hydroxylation is 2. The van der Waals surface area contributed by atoms with Gasteiger partial charge in [0.1, 0.15) is 15.8 Å². The zero-order chi connectivity index (χ0) is 24.4. The largest absolute Gasteiger partial charge is 0.378 e. The Bertz CT molecular complexity index is 1360. The molecule has 0 radical (unpaired) electrons. The van der Waals surface area contributed by atoms with Crippen LogP contribution in [-0.4, -0.2) is 57.4 Å². The Labute approximate surface area is 213 Å². The molecule has 0 bridgehead atoms. The molecule has 2 saturated heterocycles. The van der Waals surface area contributed by atoms with Gasteiger partial charge in [-0.3, -0.25) is 18.9 Å². The Morgan fingerprint density at radius 3 is 2.66 bits per heavy atom. The molecule has 180 valence electrons. The van der Waals surface area contributed by atoms with E-state index in [9.17, 15) is 9.59 Å². The summed E-state index contributed by atoms with van der Waals surface area (Å²) in [6.07, 6.45) is 5.06. The summed E-state index contributed by atoms with van der Waals surface area (Å²) in [5.41, 5.74) is 2.96. The third kappa shape index (κ3) is 4.89. The second-order valence-electron chi connectivity index (χ2n) is 8.56. The van der Waals surface area contributed by atoms with Gasteiger partial charge in [-0.25, -0.2) is 4.98 Å². The van der Waals surface area contributed by atoms with Crippen molar-refractivity contribution in [3.63, 3.8) is 0 Å². The van der Waals surface area contributed by atoms with Gasteiger partial charge in [-0.2, -0.15) is 0 Å². The van der Waals surface area contributed by atoms with Gasteiger partial charge in [-0.15, -0.1) is 0 Å². The van der Waals surface area contributed by atoms with Crippen molar-refractivity contribution < 1.29 is 9.53 Å². The zero-order valence-corrected chi connectivity index (χ0v) is 21.1. The Morgan fingerprint density at radius 1 is 1.11 bits per heavy atom. The number of nitrogens with zero attached hydrogens (tertiary/aromatic N) is 4. The van der Waals surface area contributed by atoms with E-state index >= 15 is 0 Å². The lowest BCUT2D eigenvalue weighted by molar-refractivity contribution is -0.122. The number of amides is 1. The van der Waals surface area contributed by atoms with Crippen LogP contribution < -0.4 is 10.5 Å². The molecular weight excluding hydrogens is 480 g/mol. The van der Waals surface area contributed by atoms with Crippen LogP contribution in [0.25, 0.3) is 11.7 Å². The highest BCUT2D eigenvalue weighted by Gasteiger charge is 2.32. The van der Waals surface area contributed by atoms with Gasteiger partial charge in [-0.1, -0.05) is 60.4 Å². The normalized spacial score (nSPS) is 17.7. The van der Waals surface area contributed by atoms with E-state index in [1.54, 1.807) is 21.6 Å². The summed E-state index contributed by atoms with van der Waals surface area (Å²) >= 11 is 6.77. The highest BCUT2D eigenvalue weighted by atomic mass is 32.2. The van der Waals surface area contributed by atoms with Gasteiger partial charge >= 0.3 is 0 Å². The number of hydrogen-bond acceptors (Lipinski definition) is 7. The van der Waals surface area contributed by atoms with Crippen LogP contribution >= 0.6 is 24.0 Å². The Morgan fingerprint density at radius 2 is 1.89 bits per heavy atom. The highest BCUT2D eigenvalue weighted by Crippen LogP contribution is 2.34. The quantitative estimate of drug-likeness (QED) is 0.373. The van der Waals surface area contributed by atoms with E-state index in [0.29, 0.717) is 59.1 Å². The van der Waals surface area contributed by atoms with Crippen LogP contribution in [0.15, 0.2) is 58.4 Å². The Hall–Kier alpha value is -3.01. The van der Waals surface area contributed by atoms with Crippen molar-refractivity contribution in [2.75, 3.05) is 37.7 Å². The van der Waals surface area contributed by atoms with Crippen LogP contribution in [0.1, 0.15) is 23.1 Å². The van der Waals surface area contributed by atoms with Crippen LogP contribution in [0.2, 0.25) is 0 Å². The molecule has 0 spiro atoms. The molecule has 5 rings (SSSR count). The molecule has 35 heavy (non-hydrogen) atoms. The second-order valence-corrected chi connectivity index (χ2v) is 10.2. The number of hydrogen-bond donors (Lipinski definition) is 0. The number of morpholine rings is 1. The first-order valence-corrected chi connectivity index (χ1v) is 12.9. The molecular formula is C26H26N4O3S2. The fourth-order valence-corrected chi connectivity index (χ4v) is 5.64. The van der Waals surface area contributed by atoms with Crippen molar-refractivity contribution in [1.82, 2.24) is 14.3 Å². The first-order valence-electron chi connectivity index (χ1n) is 11.7. The summed E-state index contributed by atoms with van der Waals surface area (Å²) in [5.74, 6) is 0.427. The van der Waals surface area contributed by atoms with Crippen molar-refractivity contribution in [3.8, 4) is 0 Å². The van der Waals surface area contributed by atoms with Crippen molar-refractivity contribution in [1.29, 1.82) is 0 Å². The fourth-order valence-electron chi connectivity index (χ4n) is 4.35. The summed E-state index contributed by atoms with van der Waals surface area (Å²) in [6.45, 7) is 4.88. The van der Waals surface area contributed by atoms with Gasteiger partial charge in [0.25, 0.3) is 11.5 Å². The number of ether oxygens (including phenoxy) is 1. The number of benzene rings is 1. The lowest BCUT2D eigenvalue weighted by atomic mass is 10.1. The third-order valence-corrected chi connectivity index (χ3v) is 7.59. The van der Waals surface area contributed by atoms with E-state index in [-0.39, 0.29) is 11.5 Å². The molecule has 0 N–H and O–H groups in total. The Kier molecular flexibility index (Phi) is 6.99. The molecule has 3 aromatic rings. The minimum Gasteiger partial charge on any atom is -0.378 e. The molecule has 4 heterocycles. The summed E-state index contributed by atoms with van der Waals surface area (Å²) in [4.78, 5) is 35.9. The minimum absolute atomic E-state index is 0.158. The molecule has 2 aromatic heterocycles. The standard InChI is InChI=1S/C26H26N4O3S2/c1-18-7-5-11-29-22(18)27-23(28-13-15-33-16-14-28)20(24(29)31)17-21-25(32)30(26(34)35-21)12-6-10-19-8-3-2-4-9-19/h2-5,7-9,11,17H,6,10,12-16H2,1H3/b21-17-. The number of carbonyl (C=O) groups excluding carboxylic acids is 1. The summed E-state index contributed by atoms with van der Waals surface area (Å²) in [5, 5.41) is 0. The summed E-state index contributed by atoms with van der Waals surface area (Å²) in [6, 6.07) is 14.0. The van der Waals surface area contributed by atoms with Gasteiger partial charge in [-0.05, 0) is 43.0 Å². The molecule has 7 nitrogen and oxygen atoms in total. The number of aromatic nitrogens is 2. The van der Waals surface area contributed by atoms with Gasteiger partial charge in [0.05, 0.1) is 23.7 Å². The maximum atomic E-state index is 13.6. The van der Waals surface area contributed by atoms with Gasteiger partial charge in [0.2, 0.25) is 0 Å².